The van der Waals surface area contributed by atoms with Gasteiger partial charge in [-0.15, -0.1) is 0 Å². The van der Waals surface area contributed by atoms with Crippen molar-refractivity contribution in [3.63, 3.8) is 0 Å². The molecule has 1 aliphatic carbocycles. The Morgan fingerprint density at radius 2 is 1.86 bits per heavy atom. The molecular weight excluding hydrogens is 365 g/mol. The molecule has 4 nitrogen and oxygen atoms in total. The smallest absolute Gasteiger partial charge is 0.228 e. The molecule has 5 heteroatoms. The molecule has 0 spiro atoms. The first-order valence-electron chi connectivity index (χ1n) is 10.9. The molecule has 1 aromatic heterocycles. The number of piperidine rings is 1. The molecule has 1 saturated heterocycles. The summed E-state index contributed by atoms with van der Waals surface area (Å²) >= 11 is 0. The minimum absolute atomic E-state index is 0.182. The van der Waals surface area contributed by atoms with Crippen molar-refractivity contribution in [1.82, 2.24) is 14.9 Å². The first kappa shape index (κ1) is 20.0. The highest BCUT2D eigenvalue weighted by atomic mass is 19.1. The molecule has 0 unspecified atom stereocenters. The van der Waals surface area contributed by atoms with E-state index in [0.29, 0.717) is 12.5 Å². The second-order valence-electron chi connectivity index (χ2n) is 8.93. The largest absolute Gasteiger partial charge is 0.342 e. The van der Waals surface area contributed by atoms with Crippen LogP contribution in [-0.2, 0) is 4.79 Å². The summed E-state index contributed by atoms with van der Waals surface area (Å²) in [6.07, 6.45) is 9.38. The second kappa shape index (κ2) is 8.21. The molecule has 154 valence electrons. The molecule has 1 aromatic carbocycles. The summed E-state index contributed by atoms with van der Waals surface area (Å²) in [5, 5.41) is 0. The predicted octanol–water partition coefficient (Wildman–Crippen LogP) is 5.27. The van der Waals surface area contributed by atoms with Gasteiger partial charge in [0.2, 0.25) is 5.91 Å². The Kier molecular flexibility index (Phi) is 5.66. The van der Waals surface area contributed by atoms with Gasteiger partial charge in [-0.1, -0.05) is 38.3 Å². The van der Waals surface area contributed by atoms with E-state index in [4.69, 9.17) is 4.98 Å². The molecule has 29 heavy (non-hydrogen) atoms. The number of carbonyl (C=O) groups is 1. The highest BCUT2D eigenvalue weighted by molar-refractivity contribution is 5.82. The molecule has 2 heterocycles. The van der Waals surface area contributed by atoms with Crippen molar-refractivity contribution >= 4 is 5.91 Å². The van der Waals surface area contributed by atoms with E-state index < -0.39 is 0 Å². The number of hydrogen-bond donors (Lipinski definition) is 0. The minimum Gasteiger partial charge on any atom is -0.342 e. The van der Waals surface area contributed by atoms with E-state index >= 15 is 0 Å². The molecule has 1 atom stereocenters. The van der Waals surface area contributed by atoms with Crippen molar-refractivity contribution < 1.29 is 9.18 Å². The van der Waals surface area contributed by atoms with Gasteiger partial charge in [-0.2, -0.15) is 0 Å². The summed E-state index contributed by atoms with van der Waals surface area (Å²) in [5.41, 5.74) is 2.64. The van der Waals surface area contributed by atoms with Crippen LogP contribution >= 0.6 is 0 Å². The third kappa shape index (κ3) is 4.19. The van der Waals surface area contributed by atoms with Crippen molar-refractivity contribution in [2.75, 3.05) is 13.1 Å². The number of benzene rings is 1. The van der Waals surface area contributed by atoms with Crippen LogP contribution in [0.1, 0.15) is 69.3 Å². The van der Waals surface area contributed by atoms with Crippen LogP contribution in [0.2, 0.25) is 0 Å². The first-order valence-corrected chi connectivity index (χ1v) is 10.9. The number of aromatic nitrogens is 2. The van der Waals surface area contributed by atoms with Crippen molar-refractivity contribution in [2.45, 2.75) is 64.7 Å². The van der Waals surface area contributed by atoms with Crippen LogP contribution in [0.5, 0.6) is 0 Å². The molecule has 2 aliphatic rings. The van der Waals surface area contributed by atoms with E-state index in [1.165, 1.54) is 18.6 Å². The number of nitrogens with zero attached hydrogens (tertiary/aromatic N) is 3. The number of amides is 1. The molecule has 2 aromatic rings. The molecule has 2 fully saturated rings. The lowest BCUT2D eigenvalue weighted by atomic mass is 9.74. The molecule has 0 bridgehead atoms. The molecule has 0 N–H and O–H groups in total. The van der Waals surface area contributed by atoms with Gasteiger partial charge in [-0.25, -0.2) is 14.4 Å². The summed E-state index contributed by atoms with van der Waals surface area (Å²) in [5.74, 6) is 0.977. The third-order valence-corrected chi connectivity index (χ3v) is 6.66. The molecule has 1 saturated carbocycles. The topological polar surface area (TPSA) is 46.1 Å². The van der Waals surface area contributed by atoms with Crippen LogP contribution in [0.15, 0.2) is 30.5 Å². The molecule has 1 aliphatic heterocycles. The Labute approximate surface area is 172 Å². The van der Waals surface area contributed by atoms with Gasteiger partial charge in [0.15, 0.2) is 0 Å². The fourth-order valence-electron chi connectivity index (χ4n) is 4.96. The van der Waals surface area contributed by atoms with E-state index in [2.05, 4.69) is 16.8 Å². The molecular formula is C24H30FN3O. The Hall–Kier alpha value is -2.30. The minimum atomic E-state index is -0.251. The number of carbonyl (C=O) groups excluding carboxylic acids is 1. The van der Waals surface area contributed by atoms with Gasteiger partial charge in [0.1, 0.15) is 11.6 Å². The summed E-state index contributed by atoms with van der Waals surface area (Å²) in [6, 6.07) is 6.50. The number of aryl methyl sites for hydroxylation is 1. The van der Waals surface area contributed by atoms with Crippen LogP contribution < -0.4 is 0 Å². The zero-order valence-corrected chi connectivity index (χ0v) is 17.5. The second-order valence-corrected chi connectivity index (χ2v) is 8.93. The van der Waals surface area contributed by atoms with Crippen LogP contribution in [-0.4, -0.2) is 33.9 Å². The number of rotatable bonds is 3. The van der Waals surface area contributed by atoms with Crippen molar-refractivity contribution in [3.05, 3.63) is 47.8 Å². The number of hydrogen-bond acceptors (Lipinski definition) is 3. The van der Waals surface area contributed by atoms with Gasteiger partial charge >= 0.3 is 0 Å². The van der Waals surface area contributed by atoms with Crippen molar-refractivity contribution in [1.29, 1.82) is 0 Å². The maximum atomic E-state index is 13.4. The van der Waals surface area contributed by atoms with Gasteiger partial charge in [0, 0.05) is 36.2 Å². The number of halogens is 1. The molecule has 1 amide bonds. The summed E-state index contributed by atoms with van der Waals surface area (Å²) in [7, 11) is 0. The van der Waals surface area contributed by atoms with Gasteiger partial charge in [-0.05, 0) is 50.3 Å². The third-order valence-electron chi connectivity index (χ3n) is 6.66. The lowest BCUT2D eigenvalue weighted by Crippen LogP contribution is -2.47. The zero-order chi connectivity index (χ0) is 20.4. The van der Waals surface area contributed by atoms with Crippen molar-refractivity contribution in [2.24, 2.45) is 5.41 Å². The summed E-state index contributed by atoms with van der Waals surface area (Å²) in [4.78, 5) is 24.6. The van der Waals surface area contributed by atoms with Gasteiger partial charge < -0.3 is 4.90 Å². The average Bonchev–Trinajstić information content (AvgIpc) is 2.74. The SMILES string of the molecule is Cc1ncc(-c2ccc(F)cc2)c([C@@H]2CCCN(C(=O)C3(C)CCCCC3)C2)n1. The predicted molar refractivity (Wildman–Crippen MR) is 112 cm³/mol. The summed E-state index contributed by atoms with van der Waals surface area (Å²) < 4.78 is 13.4. The normalized spacial score (nSPS) is 21.8. The average molecular weight is 396 g/mol. The van der Waals surface area contributed by atoms with E-state index in [0.717, 1.165) is 67.7 Å². The molecule has 0 radical (unpaired) electrons. The Balaban J connectivity index is 1.60. The van der Waals surface area contributed by atoms with Crippen LogP contribution in [0.4, 0.5) is 4.39 Å². The fraction of sp³-hybridized carbons (Fsp3) is 0.542. The highest BCUT2D eigenvalue weighted by Crippen LogP contribution is 2.40. The maximum absolute atomic E-state index is 13.4. The lowest BCUT2D eigenvalue weighted by Gasteiger charge is -2.41. The van der Waals surface area contributed by atoms with Crippen LogP contribution in [0, 0.1) is 18.2 Å². The van der Waals surface area contributed by atoms with Gasteiger partial charge in [-0.3, -0.25) is 4.79 Å². The van der Waals surface area contributed by atoms with E-state index in [1.54, 1.807) is 12.1 Å². The van der Waals surface area contributed by atoms with E-state index in [1.807, 2.05) is 13.1 Å². The van der Waals surface area contributed by atoms with Gasteiger partial charge in [0.25, 0.3) is 0 Å². The summed E-state index contributed by atoms with van der Waals surface area (Å²) in [6.45, 7) is 5.59. The van der Waals surface area contributed by atoms with E-state index in [-0.39, 0.29) is 17.2 Å². The lowest BCUT2D eigenvalue weighted by molar-refractivity contribution is -0.144. The Morgan fingerprint density at radius 3 is 2.59 bits per heavy atom. The maximum Gasteiger partial charge on any atom is 0.228 e. The quantitative estimate of drug-likeness (QED) is 0.711. The standard InChI is InChI=1S/C24H30FN3O/c1-17-26-15-21(18-8-10-20(25)11-9-18)22(27-17)19-7-6-14-28(16-19)23(29)24(2)12-4-3-5-13-24/h8-11,15,19H,3-7,12-14,16H2,1-2H3/t19-/m1/s1. The van der Waals surface area contributed by atoms with Crippen LogP contribution in [0.25, 0.3) is 11.1 Å². The van der Waals surface area contributed by atoms with Crippen LogP contribution in [0.3, 0.4) is 0 Å². The first-order chi connectivity index (χ1) is 14.0. The van der Waals surface area contributed by atoms with Crippen molar-refractivity contribution in [3.8, 4) is 11.1 Å². The zero-order valence-electron chi connectivity index (χ0n) is 17.5. The van der Waals surface area contributed by atoms with Gasteiger partial charge in [0.05, 0.1) is 5.69 Å². The number of likely N-dealkylation sites (tertiary alicyclic amines) is 1. The molecule has 4 rings (SSSR count). The Bertz CT molecular complexity index is 874. The monoisotopic (exact) mass is 395 g/mol. The fourth-order valence-corrected chi connectivity index (χ4v) is 4.96. The Morgan fingerprint density at radius 1 is 1.14 bits per heavy atom. The highest BCUT2D eigenvalue weighted by Gasteiger charge is 2.39. The van der Waals surface area contributed by atoms with E-state index in [9.17, 15) is 9.18 Å².